The second-order valence-corrected chi connectivity index (χ2v) is 5.98. The van der Waals surface area contributed by atoms with Crippen LogP contribution in [0.25, 0.3) is 11.4 Å². The number of rotatable bonds is 4. The highest BCUT2D eigenvalue weighted by atomic mass is 79.9. The molecule has 1 aromatic heterocycles. The molecule has 0 amide bonds. The van der Waals surface area contributed by atoms with E-state index in [1.165, 1.54) is 11.3 Å². The third kappa shape index (κ3) is 2.80. The predicted octanol–water partition coefficient (Wildman–Crippen LogP) is 3.47. The Morgan fingerprint density at radius 3 is 2.86 bits per heavy atom. The minimum absolute atomic E-state index is 0.796. The third-order valence-corrected chi connectivity index (χ3v) is 4.29. The lowest BCUT2D eigenvalue weighted by Crippen LogP contribution is -2.03. The van der Waals surface area contributed by atoms with Crippen LogP contribution in [0.5, 0.6) is 5.75 Å². The van der Waals surface area contributed by atoms with Gasteiger partial charge in [0.2, 0.25) is 0 Å². The van der Waals surface area contributed by atoms with E-state index in [4.69, 9.17) is 14.7 Å². The van der Waals surface area contributed by atoms with Crippen LogP contribution >= 0.6 is 15.9 Å². The number of nitrogens with one attached hydrogen (secondary N) is 1. The van der Waals surface area contributed by atoms with Crippen LogP contribution in [-0.4, -0.2) is 17.1 Å². The Labute approximate surface area is 133 Å². The Morgan fingerprint density at radius 2 is 2.14 bits per heavy atom. The molecular formula is C16H18BrN3O. The van der Waals surface area contributed by atoms with E-state index < -0.39 is 0 Å². The van der Waals surface area contributed by atoms with E-state index in [0.29, 0.717) is 0 Å². The number of hydrogen-bond acceptors (Lipinski definition) is 4. The second-order valence-electron chi connectivity index (χ2n) is 5.12. The number of aryl methyl sites for hydroxylation is 1. The van der Waals surface area contributed by atoms with Crippen molar-refractivity contribution in [1.29, 1.82) is 0 Å². The van der Waals surface area contributed by atoms with Crippen LogP contribution < -0.4 is 10.1 Å². The van der Waals surface area contributed by atoms with E-state index in [9.17, 15) is 0 Å². The summed E-state index contributed by atoms with van der Waals surface area (Å²) in [6.07, 6.45) is 2.09. The minimum Gasteiger partial charge on any atom is -0.496 e. The number of aromatic nitrogens is 2. The largest absolute Gasteiger partial charge is 0.496 e. The lowest BCUT2D eigenvalue weighted by molar-refractivity contribution is 0.412. The van der Waals surface area contributed by atoms with Gasteiger partial charge in [-0.25, -0.2) is 9.97 Å². The summed E-state index contributed by atoms with van der Waals surface area (Å²) in [5, 5.41) is 3.36. The molecule has 0 unspecified atom stereocenters. The van der Waals surface area contributed by atoms with Crippen molar-refractivity contribution >= 4 is 15.9 Å². The quantitative estimate of drug-likeness (QED) is 0.919. The van der Waals surface area contributed by atoms with E-state index in [2.05, 4.69) is 28.2 Å². The molecule has 1 N–H and O–H groups in total. The Kier molecular flexibility index (Phi) is 4.22. The van der Waals surface area contributed by atoms with Crippen LogP contribution in [0.2, 0.25) is 0 Å². The fourth-order valence-electron chi connectivity index (χ4n) is 2.62. The first-order valence-corrected chi connectivity index (χ1v) is 7.95. The summed E-state index contributed by atoms with van der Waals surface area (Å²) < 4.78 is 6.19. The first-order chi connectivity index (χ1) is 10.2. The van der Waals surface area contributed by atoms with Crippen LogP contribution in [0, 0.1) is 0 Å². The lowest BCUT2D eigenvalue weighted by Gasteiger charge is -2.10. The molecule has 2 heterocycles. The standard InChI is InChI=1S/C16H18BrN3O/c1-3-4-13-11-8-18-9-14(11)20-16(19-13)10-5-6-15(21-2)12(17)7-10/h5-7,18H,3-4,8-9H2,1-2H3. The fourth-order valence-corrected chi connectivity index (χ4v) is 3.16. The molecule has 0 bridgehead atoms. The zero-order chi connectivity index (χ0) is 14.8. The molecule has 0 atom stereocenters. The number of nitrogens with zero attached hydrogens (tertiary/aromatic N) is 2. The summed E-state index contributed by atoms with van der Waals surface area (Å²) in [5.41, 5.74) is 4.60. The van der Waals surface area contributed by atoms with Crippen LogP contribution in [0.1, 0.15) is 30.3 Å². The molecule has 0 fully saturated rings. The van der Waals surface area contributed by atoms with Gasteiger partial charge in [0.1, 0.15) is 5.75 Å². The van der Waals surface area contributed by atoms with Gasteiger partial charge in [0.05, 0.1) is 17.3 Å². The van der Waals surface area contributed by atoms with Crippen molar-refractivity contribution in [3.63, 3.8) is 0 Å². The molecule has 0 spiro atoms. The number of benzene rings is 1. The maximum Gasteiger partial charge on any atom is 0.159 e. The third-order valence-electron chi connectivity index (χ3n) is 3.67. The van der Waals surface area contributed by atoms with Crippen molar-refractivity contribution in [2.75, 3.05) is 7.11 Å². The fraction of sp³-hybridized carbons (Fsp3) is 0.375. The predicted molar refractivity (Wildman–Crippen MR) is 86.3 cm³/mol. The molecule has 0 saturated heterocycles. The molecule has 3 rings (SSSR count). The van der Waals surface area contributed by atoms with E-state index in [1.54, 1.807) is 7.11 Å². The van der Waals surface area contributed by atoms with Crippen LogP contribution in [0.3, 0.4) is 0 Å². The number of hydrogen-bond donors (Lipinski definition) is 1. The van der Waals surface area contributed by atoms with Gasteiger partial charge in [-0.15, -0.1) is 0 Å². The van der Waals surface area contributed by atoms with Gasteiger partial charge in [0.15, 0.2) is 5.82 Å². The van der Waals surface area contributed by atoms with E-state index in [0.717, 1.165) is 53.2 Å². The van der Waals surface area contributed by atoms with Crippen molar-refractivity contribution < 1.29 is 4.74 Å². The average Bonchev–Trinajstić information content (AvgIpc) is 2.96. The summed E-state index contributed by atoms with van der Waals surface area (Å²) in [7, 11) is 1.66. The number of halogens is 1. The highest BCUT2D eigenvalue weighted by Gasteiger charge is 2.19. The monoisotopic (exact) mass is 347 g/mol. The maximum absolute atomic E-state index is 5.27. The van der Waals surface area contributed by atoms with Crippen LogP contribution in [0.4, 0.5) is 0 Å². The van der Waals surface area contributed by atoms with Gasteiger partial charge >= 0.3 is 0 Å². The molecule has 2 aromatic rings. The van der Waals surface area contributed by atoms with Gasteiger partial charge in [-0.1, -0.05) is 13.3 Å². The minimum atomic E-state index is 0.796. The van der Waals surface area contributed by atoms with Crippen molar-refractivity contribution in [1.82, 2.24) is 15.3 Å². The Bertz CT molecular complexity index is 673. The molecule has 4 nitrogen and oxygen atoms in total. The van der Waals surface area contributed by atoms with Crippen molar-refractivity contribution in [3.05, 3.63) is 39.6 Å². The summed E-state index contributed by atoms with van der Waals surface area (Å²) in [6.45, 7) is 3.90. The molecule has 1 aromatic carbocycles. The Balaban J connectivity index is 2.06. The van der Waals surface area contributed by atoms with Crippen molar-refractivity contribution in [2.45, 2.75) is 32.9 Å². The van der Waals surface area contributed by atoms with Gasteiger partial charge in [0, 0.05) is 29.9 Å². The number of ether oxygens (including phenoxy) is 1. The van der Waals surface area contributed by atoms with Crippen molar-refractivity contribution in [2.24, 2.45) is 0 Å². The van der Waals surface area contributed by atoms with Gasteiger partial charge in [-0.2, -0.15) is 0 Å². The highest BCUT2D eigenvalue weighted by molar-refractivity contribution is 9.10. The van der Waals surface area contributed by atoms with Gasteiger partial charge in [0.25, 0.3) is 0 Å². The van der Waals surface area contributed by atoms with E-state index >= 15 is 0 Å². The first kappa shape index (κ1) is 14.5. The molecule has 21 heavy (non-hydrogen) atoms. The normalized spacial score (nSPS) is 13.3. The second kappa shape index (κ2) is 6.12. The first-order valence-electron chi connectivity index (χ1n) is 7.16. The van der Waals surface area contributed by atoms with Gasteiger partial charge in [-0.05, 0) is 40.5 Å². The average molecular weight is 348 g/mol. The van der Waals surface area contributed by atoms with Gasteiger partial charge in [-0.3, -0.25) is 0 Å². The molecule has 110 valence electrons. The van der Waals surface area contributed by atoms with Gasteiger partial charge < -0.3 is 10.1 Å². The number of fused-ring (bicyclic) bond motifs is 1. The molecule has 1 aliphatic heterocycles. The van der Waals surface area contributed by atoms with Crippen molar-refractivity contribution in [3.8, 4) is 17.1 Å². The zero-order valence-corrected chi connectivity index (χ0v) is 13.8. The summed E-state index contributed by atoms with van der Waals surface area (Å²) >= 11 is 3.52. The summed E-state index contributed by atoms with van der Waals surface area (Å²) in [4.78, 5) is 9.52. The zero-order valence-electron chi connectivity index (χ0n) is 12.2. The molecule has 0 saturated carbocycles. The molecule has 1 aliphatic rings. The number of methoxy groups -OCH3 is 1. The molecule has 5 heteroatoms. The highest BCUT2D eigenvalue weighted by Crippen LogP contribution is 2.30. The van der Waals surface area contributed by atoms with E-state index in [-0.39, 0.29) is 0 Å². The maximum atomic E-state index is 5.27. The summed E-state index contributed by atoms with van der Waals surface area (Å²) in [5.74, 6) is 1.61. The topological polar surface area (TPSA) is 47.0 Å². The Morgan fingerprint density at radius 1 is 1.29 bits per heavy atom. The van der Waals surface area contributed by atoms with E-state index in [1.807, 2.05) is 18.2 Å². The molecular weight excluding hydrogens is 330 g/mol. The van der Waals surface area contributed by atoms with Crippen LogP contribution in [-0.2, 0) is 19.5 Å². The Hall–Kier alpha value is -1.46. The summed E-state index contributed by atoms with van der Waals surface area (Å²) in [6, 6.07) is 5.95. The molecule has 0 radical (unpaired) electrons. The van der Waals surface area contributed by atoms with Crippen LogP contribution in [0.15, 0.2) is 22.7 Å². The smallest absolute Gasteiger partial charge is 0.159 e. The SMILES string of the molecule is CCCc1nc(-c2ccc(OC)c(Br)c2)nc2c1CNC2. The lowest BCUT2D eigenvalue weighted by atomic mass is 10.1. The molecule has 0 aliphatic carbocycles.